The Hall–Kier alpha value is 0.270. The molecule has 0 aromatic carbocycles. The quantitative estimate of drug-likeness (QED) is 0.659. The molecule has 0 saturated carbocycles. The zero-order chi connectivity index (χ0) is 12.1. The molecule has 1 unspecified atom stereocenters. The predicted octanol–water partition coefficient (Wildman–Crippen LogP) is 2.28. The molecule has 2 nitrogen and oxygen atoms in total. The third kappa shape index (κ3) is 7.20. The second kappa shape index (κ2) is 6.77. The highest BCUT2D eigenvalue weighted by atomic mass is 32.1. The molecule has 0 radical (unpaired) electrons. The first-order valence-corrected chi connectivity index (χ1v) is 6.49. The van der Waals surface area contributed by atoms with E-state index in [0.717, 1.165) is 25.4 Å². The van der Waals surface area contributed by atoms with Crippen molar-refractivity contribution >= 4 is 12.6 Å². The predicted molar refractivity (Wildman–Crippen MR) is 70.6 cm³/mol. The van der Waals surface area contributed by atoms with Gasteiger partial charge in [0.05, 0.1) is 5.60 Å². The summed E-state index contributed by atoms with van der Waals surface area (Å²) in [5.74, 6) is 2.18. The van der Waals surface area contributed by atoms with Gasteiger partial charge in [-0.25, -0.2) is 0 Å². The zero-order valence-corrected chi connectivity index (χ0v) is 11.7. The maximum Gasteiger partial charge on any atom is 0.0718 e. The average Bonchev–Trinajstić information content (AvgIpc) is 2.09. The van der Waals surface area contributed by atoms with E-state index in [1.54, 1.807) is 0 Å². The first-order valence-electron chi connectivity index (χ1n) is 5.85. The van der Waals surface area contributed by atoms with Crippen LogP contribution in [0.25, 0.3) is 0 Å². The summed E-state index contributed by atoms with van der Waals surface area (Å²) in [6.45, 7) is 13.1. The minimum absolute atomic E-state index is 0.603. The van der Waals surface area contributed by atoms with Gasteiger partial charge in [-0.3, -0.25) is 0 Å². The van der Waals surface area contributed by atoms with Crippen LogP contribution >= 0.6 is 12.6 Å². The van der Waals surface area contributed by atoms with Crippen molar-refractivity contribution in [3.63, 3.8) is 0 Å². The maximum absolute atomic E-state index is 9.78. The smallest absolute Gasteiger partial charge is 0.0718 e. The first kappa shape index (κ1) is 15.3. The fraction of sp³-hybridized carbons (Fsp3) is 1.00. The zero-order valence-electron chi connectivity index (χ0n) is 10.8. The topological polar surface area (TPSA) is 23.5 Å². The molecule has 0 spiro atoms. The molecule has 1 atom stereocenters. The van der Waals surface area contributed by atoms with E-state index in [2.05, 4.69) is 38.3 Å². The SMILES string of the molecule is CCN(CC(CS)C(C)C)CC(C)(C)O. The van der Waals surface area contributed by atoms with Crippen molar-refractivity contribution in [1.82, 2.24) is 4.90 Å². The van der Waals surface area contributed by atoms with Crippen LogP contribution in [0, 0.1) is 11.8 Å². The van der Waals surface area contributed by atoms with Gasteiger partial charge in [-0.2, -0.15) is 12.6 Å². The number of hydrogen-bond donors (Lipinski definition) is 2. The Balaban J connectivity index is 4.19. The van der Waals surface area contributed by atoms with Crippen molar-refractivity contribution in [3.8, 4) is 0 Å². The van der Waals surface area contributed by atoms with E-state index in [9.17, 15) is 5.11 Å². The molecule has 0 bridgehead atoms. The fourth-order valence-electron chi connectivity index (χ4n) is 1.66. The Kier molecular flexibility index (Phi) is 6.89. The molecule has 0 amide bonds. The summed E-state index contributed by atoms with van der Waals surface area (Å²) in [6.07, 6.45) is 0. The fourth-order valence-corrected chi connectivity index (χ4v) is 2.20. The lowest BCUT2D eigenvalue weighted by Gasteiger charge is -2.32. The molecule has 3 heteroatoms. The molecule has 0 aliphatic rings. The Bertz CT molecular complexity index is 165. The van der Waals surface area contributed by atoms with Crippen LogP contribution < -0.4 is 0 Å². The number of rotatable bonds is 7. The van der Waals surface area contributed by atoms with E-state index in [1.807, 2.05) is 13.8 Å². The molecule has 0 fully saturated rings. The van der Waals surface area contributed by atoms with Gasteiger partial charge in [0.15, 0.2) is 0 Å². The molecule has 0 aromatic rings. The van der Waals surface area contributed by atoms with Crippen molar-refractivity contribution in [2.75, 3.05) is 25.4 Å². The van der Waals surface area contributed by atoms with Crippen LogP contribution in [0.15, 0.2) is 0 Å². The molecule has 0 heterocycles. The molecular formula is C12H27NOS. The van der Waals surface area contributed by atoms with Crippen molar-refractivity contribution in [2.45, 2.75) is 40.2 Å². The van der Waals surface area contributed by atoms with Gasteiger partial charge in [0, 0.05) is 13.1 Å². The van der Waals surface area contributed by atoms with Crippen LogP contribution in [-0.4, -0.2) is 41.0 Å². The molecule has 0 aliphatic heterocycles. The van der Waals surface area contributed by atoms with Crippen LogP contribution in [0.5, 0.6) is 0 Å². The highest BCUT2D eigenvalue weighted by molar-refractivity contribution is 7.80. The summed E-state index contributed by atoms with van der Waals surface area (Å²) in [6, 6.07) is 0. The van der Waals surface area contributed by atoms with Crippen molar-refractivity contribution < 1.29 is 5.11 Å². The molecular weight excluding hydrogens is 206 g/mol. The second-order valence-corrected chi connectivity index (χ2v) is 5.69. The summed E-state index contributed by atoms with van der Waals surface area (Å²) in [5.41, 5.74) is -0.603. The Labute approximate surface area is 100 Å². The monoisotopic (exact) mass is 233 g/mol. The van der Waals surface area contributed by atoms with Gasteiger partial charge in [0.25, 0.3) is 0 Å². The lowest BCUT2D eigenvalue weighted by Crippen LogP contribution is -2.42. The summed E-state index contributed by atoms with van der Waals surface area (Å²) < 4.78 is 0. The second-order valence-electron chi connectivity index (χ2n) is 5.33. The lowest BCUT2D eigenvalue weighted by molar-refractivity contribution is 0.0317. The van der Waals surface area contributed by atoms with E-state index < -0.39 is 5.60 Å². The van der Waals surface area contributed by atoms with E-state index in [-0.39, 0.29) is 0 Å². The van der Waals surface area contributed by atoms with Gasteiger partial charge >= 0.3 is 0 Å². The van der Waals surface area contributed by atoms with Crippen LogP contribution in [0.2, 0.25) is 0 Å². The summed E-state index contributed by atoms with van der Waals surface area (Å²) >= 11 is 4.39. The van der Waals surface area contributed by atoms with Crippen LogP contribution in [0.4, 0.5) is 0 Å². The summed E-state index contributed by atoms with van der Waals surface area (Å²) in [4.78, 5) is 2.31. The third-order valence-electron chi connectivity index (χ3n) is 2.73. The molecule has 0 aromatic heterocycles. The average molecular weight is 233 g/mol. The highest BCUT2D eigenvalue weighted by Gasteiger charge is 2.21. The molecule has 0 saturated heterocycles. The van der Waals surface area contributed by atoms with Gasteiger partial charge < -0.3 is 10.0 Å². The van der Waals surface area contributed by atoms with E-state index >= 15 is 0 Å². The van der Waals surface area contributed by atoms with Gasteiger partial charge in [-0.1, -0.05) is 20.8 Å². The molecule has 0 rings (SSSR count). The summed E-state index contributed by atoms with van der Waals surface area (Å²) in [5, 5.41) is 9.78. The van der Waals surface area contributed by atoms with Crippen LogP contribution in [-0.2, 0) is 0 Å². The van der Waals surface area contributed by atoms with E-state index in [1.165, 1.54) is 0 Å². The standard InChI is InChI=1S/C12H27NOS/c1-6-13(9-12(4,5)14)7-11(8-15)10(2)3/h10-11,14-15H,6-9H2,1-5H3. The number of likely N-dealkylation sites (N-methyl/N-ethyl adjacent to an activating group) is 1. The normalized spacial score (nSPS) is 15.0. The van der Waals surface area contributed by atoms with Gasteiger partial charge in [0.2, 0.25) is 0 Å². The minimum atomic E-state index is -0.603. The van der Waals surface area contributed by atoms with Crippen molar-refractivity contribution in [1.29, 1.82) is 0 Å². The Morgan fingerprint density at radius 3 is 2.13 bits per heavy atom. The van der Waals surface area contributed by atoms with E-state index in [4.69, 9.17) is 0 Å². The number of thiol groups is 1. The van der Waals surface area contributed by atoms with Crippen molar-refractivity contribution in [2.24, 2.45) is 11.8 Å². The molecule has 1 N–H and O–H groups in total. The van der Waals surface area contributed by atoms with Gasteiger partial charge in [-0.15, -0.1) is 0 Å². The van der Waals surface area contributed by atoms with Gasteiger partial charge in [-0.05, 0) is 38.0 Å². The van der Waals surface area contributed by atoms with Crippen LogP contribution in [0.3, 0.4) is 0 Å². The lowest BCUT2D eigenvalue weighted by atomic mass is 9.96. The minimum Gasteiger partial charge on any atom is -0.389 e. The summed E-state index contributed by atoms with van der Waals surface area (Å²) in [7, 11) is 0. The van der Waals surface area contributed by atoms with Crippen LogP contribution in [0.1, 0.15) is 34.6 Å². The highest BCUT2D eigenvalue weighted by Crippen LogP contribution is 2.15. The number of hydrogen-bond acceptors (Lipinski definition) is 3. The van der Waals surface area contributed by atoms with Crippen molar-refractivity contribution in [3.05, 3.63) is 0 Å². The third-order valence-corrected chi connectivity index (χ3v) is 3.20. The Morgan fingerprint density at radius 2 is 1.87 bits per heavy atom. The Morgan fingerprint density at radius 1 is 1.33 bits per heavy atom. The maximum atomic E-state index is 9.78. The largest absolute Gasteiger partial charge is 0.389 e. The number of nitrogens with zero attached hydrogens (tertiary/aromatic N) is 1. The molecule has 0 aliphatic carbocycles. The molecule has 15 heavy (non-hydrogen) atoms. The molecule has 92 valence electrons. The number of aliphatic hydroxyl groups is 1. The van der Waals surface area contributed by atoms with Gasteiger partial charge in [0.1, 0.15) is 0 Å². The first-order chi connectivity index (χ1) is 6.80. The van der Waals surface area contributed by atoms with E-state index in [0.29, 0.717) is 11.8 Å².